The van der Waals surface area contributed by atoms with Crippen molar-refractivity contribution in [2.24, 2.45) is 0 Å². The Morgan fingerprint density at radius 3 is 3.00 bits per heavy atom. The highest BCUT2D eigenvalue weighted by molar-refractivity contribution is 7.21. The number of likely N-dealkylation sites (tertiary alicyclic amines) is 1. The van der Waals surface area contributed by atoms with Crippen LogP contribution < -0.4 is 5.32 Å². The van der Waals surface area contributed by atoms with Gasteiger partial charge >= 0.3 is 5.97 Å². The second-order valence-corrected chi connectivity index (χ2v) is 7.87. The van der Waals surface area contributed by atoms with Crippen LogP contribution in [-0.4, -0.2) is 53.2 Å². The molecule has 3 aromatic rings. The Hall–Kier alpha value is -2.75. The lowest BCUT2D eigenvalue weighted by Gasteiger charge is -2.22. The highest BCUT2D eigenvalue weighted by Gasteiger charge is 2.25. The van der Waals surface area contributed by atoms with E-state index in [4.69, 9.17) is 14.1 Å². The molecule has 0 aliphatic carbocycles. The number of hydrogen-bond donors (Lipinski definition) is 2. The Morgan fingerprint density at radius 2 is 2.28 bits per heavy atom. The third-order valence-corrected chi connectivity index (χ3v) is 6.16. The Morgan fingerprint density at radius 1 is 1.41 bits per heavy atom. The maximum atomic E-state index is 12.5. The number of aliphatic hydroxyl groups is 1. The van der Waals surface area contributed by atoms with Crippen LogP contribution in [0.5, 0.6) is 0 Å². The van der Waals surface area contributed by atoms with E-state index in [0.717, 1.165) is 25.1 Å². The van der Waals surface area contributed by atoms with Crippen molar-refractivity contribution in [2.45, 2.75) is 25.4 Å². The van der Waals surface area contributed by atoms with Crippen molar-refractivity contribution < 1.29 is 23.8 Å². The van der Waals surface area contributed by atoms with Gasteiger partial charge in [-0.15, -0.1) is 11.3 Å². The van der Waals surface area contributed by atoms with Gasteiger partial charge in [0.1, 0.15) is 16.0 Å². The maximum Gasteiger partial charge on any atom is 0.350 e. The van der Waals surface area contributed by atoms with Crippen molar-refractivity contribution in [3.05, 3.63) is 46.9 Å². The standard InChI is InChI=1S/C20H21N3O5S/c1-27-20(26)17-16(22-18(25)12-6-8-28-11-12)15-5-4-13(21-19(15)29-17)9-23-7-2-3-14(23)10-24/h4-6,8,11,14,24H,2-3,7,9-10H2,1H3,(H,22,25)/t14-/m0/s1. The number of nitrogens with one attached hydrogen (secondary N) is 1. The SMILES string of the molecule is COC(=O)c1sc2nc(CN3CCC[C@H]3CO)ccc2c1NC(=O)c1ccoc1. The molecule has 0 saturated carbocycles. The highest BCUT2D eigenvalue weighted by Crippen LogP contribution is 2.36. The van der Waals surface area contributed by atoms with Crippen molar-refractivity contribution in [3.8, 4) is 0 Å². The van der Waals surface area contributed by atoms with E-state index in [-0.39, 0.29) is 18.6 Å². The first kappa shape index (κ1) is 19.6. The molecule has 0 spiro atoms. The van der Waals surface area contributed by atoms with Crippen LogP contribution in [0.1, 0.15) is 38.6 Å². The lowest BCUT2D eigenvalue weighted by molar-refractivity contribution is 0.0607. The Labute approximate surface area is 171 Å². The van der Waals surface area contributed by atoms with Gasteiger partial charge in [0.05, 0.1) is 36.9 Å². The van der Waals surface area contributed by atoms with Crippen LogP contribution in [0.2, 0.25) is 0 Å². The van der Waals surface area contributed by atoms with E-state index in [9.17, 15) is 14.7 Å². The topological polar surface area (TPSA) is 105 Å². The summed E-state index contributed by atoms with van der Waals surface area (Å²) in [5, 5.41) is 13.0. The van der Waals surface area contributed by atoms with Gasteiger partial charge in [-0.3, -0.25) is 9.69 Å². The minimum atomic E-state index is -0.531. The van der Waals surface area contributed by atoms with Crippen molar-refractivity contribution in [3.63, 3.8) is 0 Å². The first-order valence-electron chi connectivity index (χ1n) is 9.30. The van der Waals surface area contributed by atoms with Crippen LogP contribution in [0, 0.1) is 0 Å². The molecule has 1 aliphatic rings. The van der Waals surface area contributed by atoms with Gasteiger partial charge in [0, 0.05) is 18.0 Å². The second-order valence-electron chi connectivity index (χ2n) is 6.87. The molecule has 1 aliphatic heterocycles. The molecule has 4 rings (SSSR count). The number of carbonyl (C=O) groups excluding carboxylic acids is 2. The van der Waals surface area contributed by atoms with Crippen molar-refractivity contribution in [2.75, 3.05) is 25.6 Å². The second kappa shape index (κ2) is 8.32. The molecular weight excluding hydrogens is 394 g/mol. The summed E-state index contributed by atoms with van der Waals surface area (Å²) >= 11 is 1.18. The molecule has 152 valence electrons. The number of aliphatic hydroxyl groups excluding tert-OH is 1. The van der Waals surface area contributed by atoms with Crippen LogP contribution in [0.3, 0.4) is 0 Å². The fraction of sp³-hybridized carbons (Fsp3) is 0.350. The summed E-state index contributed by atoms with van der Waals surface area (Å²) in [6.07, 6.45) is 4.79. The fourth-order valence-electron chi connectivity index (χ4n) is 3.56. The van der Waals surface area contributed by atoms with E-state index in [2.05, 4.69) is 10.2 Å². The number of furan rings is 1. The molecule has 0 unspecified atom stereocenters. The number of carbonyl (C=O) groups is 2. The molecule has 1 fully saturated rings. The van der Waals surface area contributed by atoms with Crippen molar-refractivity contribution in [1.82, 2.24) is 9.88 Å². The van der Waals surface area contributed by atoms with Gasteiger partial charge in [0.2, 0.25) is 0 Å². The third kappa shape index (κ3) is 3.89. The van der Waals surface area contributed by atoms with E-state index in [0.29, 0.717) is 32.9 Å². The van der Waals surface area contributed by atoms with Crippen molar-refractivity contribution >= 4 is 39.1 Å². The van der Waals surface area contributed by atoms with Crippen LogP contribution >= 0.6 is 11.3 Å². The number of esters is 1. The summed E-state index contributed by atoms with van der Waals surface area (Å²) in [5.74, 6) is -0.910. The molecule has 2 N–H and O–H groups in total. The lowest BCUT2D eigenvalue weighted by atomic mass is 10.2. The zero-order valence-electron chi connectivity index (χ0n) is 15.9. The first-order chi connectivity index (χ1) is 14.1. The number of fused-ring (bicyclic) bond motifs is 1. The van der Waals surface area contributed by atoms with Crippen LogP contribution in [0.15, 0.2) is 35.1 Å². The number of anilines is 1. The average Bonchev–Trinajstić information content (AvgIpc) is 3.47. The minimum absolute atomic E-state index is 0.137. The molecule has 0 radical (unpaired) electrons. The van der Waals surface area contributed by atoms with Crippen molar-refractivity contribution in [1.29, 1.82) is 0 Å². The number of aromatic nitrogens is 1. The smallest absolute Gasteiger partial charge is 0.350 e. The lowest BCUT2D eigenvalue weighted by Crippen LogP contribution is -2.31. The Kier molecular flexibility index (Phi) is 5.61. The van der Waals surface area contributed by atoms with E-state index < -0.39 is 5.97 Å². The predicted molar refractivity (Wildman–Crippen MR) is 108 cm³/mol. The summed E-state index contributed by atoms with van der Waals surface area (Å²) < 4.78 is 9.84. The summed E-state index contributed by atoms with van der Waals surface area (Å²) in [6.45, 7) is 1.69. The van der Waals surface area contributed by atoms with E-state index >= 15 is 0 Å². The van der Waals surface area contributed by atoms with Gasteiger partial charge in [-0.25, -0.2) is 9.78 Å². The molecule has 29 heavy (non-hydrogen) atoms. The van der Waals surface area contributed by atoms with Crippen LogP contribution in [0.4, 0.5) is 5.69 Å². The van der Waals surface area contributed by atoms with E-state index in [1.165, 1.54) is 31.0 Å². The molecule has 8 nitrogen and oxygen atoms in total. The predicted octanol–water partition coefficient (Wildman–Crippen LogP) is 2.88. The summed E-state index contributed by atoms with van der Waals surface area (Å²) in [4.78, 5) is 32.6. The number of methoxy groups -OCH3 is 1. The van der Waals surface area contributed by atoms with Gasteiger partial charge in [-0.2, -0.15) is 0 Å². The summed E-state index contributed by atoms with van der Waals surface area (Å²) in [5.41, 5.74) is 1.59. The molecule has 1 amide bonds. The van der Waals surface area contributed by atoms with Gasteiger partial charge in [-0.05, 0) is 37.6 Å². The molecular formula is C20H21N3O5S. The maximum absolute atomic E-state index is 12.5. The molecule has 1 atom stereocenters. The molecule has 0 bridgehead atoms. The monoisotopic (exact) mass is 415 g/mol. The zero-order chi connectivity index (χ0) is 20.4. The molecule has 0 aromatic carbocycles. The van der Waals surface area contributed by atoms with Gasteiger partial charge < -0.3 is 19.6 Å². The van der Waals surface area contributed by atoms with E-state index in [1.807, 2.05) is 12.1 Å². The normalized spacial score (nSPS) is 17.0. The fourth-order valence-corrected chi connectivity index (χ4v) is 4.63. The molecule has 9 heteroatoms. The van der Waals surface area contributed by atoms with Gasteiger partial charge in [-0.1, -0.05) is 0 Å². The van der Waals surface area contributed by atoms with Gasteiger partial charge in [0.15, 0.2) is 0 Å². The third-order valence-electron chi connectivity index (χ3n) is 5.08. The molecule has 3 aromatic heterocycles. The van der Waals surface area contributed by atoms with Crippen LogP contribution in [0.25, 0.3) is 10.2 Å². The van der Waals surface area contributed by atoms with E-state index in [1.54, 1.807) is 6.07 Å². The largest absolute Gasteiger partial charge is 0.472 e. The Bertz CT molecular complexity index is 1030. The average molecular weight is 415 g/mol. The quantitative estimate of drug-likeness (QED) is 0.597. The summed E-state index contributed by atoms with van der Waals surface area (Å²) in [6, 6.07) is 5.45. The van der Waals surface area contributed by atoms with Gasteiger partial charge in [0.25, 0.3) is 5.91 Å². The number of hydrogen-bond acceptors (Lipinski definition) is 8. The number of rotatable bonds is 6. The summed E-state index contributed by atoms with van der Waals surface area (Å²) in [7, 11) is 1.30. The number of pyridine rings is 1. The number of ether oxygens (including phenoxy) is 1. The molecule has 1 saturated heterocycles. The first-order valence-corrected chi connectivity index (χ1v) is 10.1. The Balaban J connectivity index is 1.66. The number of nitrogens with zero attached hydrogens (tertiary/aromatic N) is 2. The number of thiophene rings is 1. The number of amides is 1. The minimum Gasteiger partial charge on any atom is -0.472 e. The molecule has 4 heterocycles. The highest BCUT2D eigenvalue weighted by atomic mass is 32.1. The zero-order valence-corrected chi connectivity index (χ0v) is 16.7. The van der Waals surface area contributed by atoms with Crippen LogP contribution in [-0.2, 0) is 11.3 Å².